The van der Waals surface area contributed by atoms with Gasteiger partial charge in [0.15, 0.2) is 0 Å². The summed E-state index contributed by atoms with van der Waals surface area (Å²) in [5, 5.41) is 6.32. The van der Waals surface area contributed by atoms with Crippen LogP contribution in [-0.4, -0.2) is 18.0 Å². The Morgan fingerprint density at radius 2 is 1.70 bits per heavy atom. The minimum atomic E-state index is -1.81. The van der Waals surface area contributed by atoms with Crippen LogP contribution in [0.1, 0.15) is 16.7 Å². The van der Waals surface area contributed by atoms with Gasteiger partial charge in [-0.05, 0) is 57.4 Å². The number of aryl methyl sites for hydroxylation is 1. The molecule has 0 radical (unpaired) electrons. The van der Waals surface area contributed by atoms with E-state index in [0.29, 0.717) is 0 Å². The molecular weight excluding hydrogens is 420 g/mol. The van der Waals surface area contributed by atoms with Crippen LogP contribution in [0, 0.1) is 6.92 Å². The normalized spacial score (nSPS) is 15.2. The Morgan fingerprint density at radius 1 is 0.879 bits per heavy atom. The molecule has 0 spiro atoms. The maximum Gasteiger partial charge on any atom is 0.140 e. The van der Waals surface area contributed by atoms with Gasteiger partial charge in [-0.1, -0.05) is 67.7 Å². The fraction of sp³-hybridized carbons (Fsp3) is 0.103. The van der Waals surface area contributed by atoms with Crippen LogP contribution in [0.2, 0.25) is 13.1 Å². The van der Waals surface area contributed by atoms with Gasteiger partial charge in [0.05, 0.1) is 16.6 Å². The predicted octanol–water partition coefficient (Wildman–Crippen LogP) is 6.87. The van der Waals surface area contributed by atoms with E-state index in [1.54, 1.807) is 6.33 Å². The summed E-state index contributed by atoms with van der Waals surface area (Å²) in [7, 11) is -1.81. The lowest BCUT2D eigenvalue weighted by Gasteiger charge is -2.26. The van der Waals surface area contributed by atoms with E-state index in [0.717, 1.165) is 39.2 Å². The van der Waals surface area contributed by atoms with Crippen molar-refractivity contribution in [3.05, 3.63) is 89.7 Å². The van der Waals surface area contributed by atoms with Gasteiger partial charge in [-0.25, -0.2) is 9.97 Å². The van der Waals surface area contributed by atoms with E-state index >= 15 is 0 Å². The van der Waals surface area contributed by atoms with Crippen LogP contribution < -0.4 is 9.92 Å². The maximum atomic E-state index is 6.64. The minimum absolute atomic E-state index is 0.852. The van der Waals surface area contributed by atoms with E-state index in [1.165, 1.54) is 32.3 Å². The van der Waals surface area contributed by atoms with Crippen LogP contribution in [0.3, 0.4) is 0 Å². The molecule has 4 aromatic carbocycles. The lowest BCUT2D eigenvalue weighted by molar-refractivity contribution is 0.483. The van der Waals surface area contributed by atoms with Crippen molar-refractivity contribution in [2.45, 2.75) is 20.0 Å². The predicted molar refractivity (Wildman–Crippen MR) is 139 cm³/mol. The van der Waals surface area contributed by atoms with Gasteiger partial charge in [0.2, 0.25) is 0 Å². The first-order chi connectivity index (χ1) is 16.0. The van der Waals surface area contributed by atoms with Crippen molar-refractivity contribution in [2.24, 2.45) is 0 Å². The molecule has 7 rings (SSSR count). The Morgan fingerprint density at radius 3 is 2.58 bits per heavy atom. The summed E-state index contributed by atoms with van der Waals surface area (Å²) in [6.07, 6.45) is 4.05. The van der Waals surface area contributed by atoms with Gasteiger partial charge in [-0.2, -0.15) is 0 Å². The van der Waals surface area contributed by atoms with Crippen LogP contribution in [0.4, 0.5) is 0 Å². The standard InChI is InChI=1S/C29H22N2OSi/c1-17-21-10-6-4-8-18(21)12-22-28-27-23(30-16-31-28)13-20(14-24(27)32-29(17)22)26-15-19-9-5-7-11-25(19)33(26,2)3/h4-16H,1-3H3. The highest BCUT2D eigenvalue weighted by Crippen LogP contribution is 2.49. The number of fused-ring (bicyclic) bond motifs is 4. The third-order valence-electron chi connectivity index (χ3n) is 7.34. The lowest BCUT2D eigenvalue weighted by Crippen LogP contribution is -2.40. The monoisotopic (exact) mass is 442 g/mol. The van der Waals surface area contributed by atoms with E-state index in [2.05, 4.69) is 97.8 Å². The van der Waals surface area contributed by atoms with Crippen molar-refractivity contribution in [3.8, 4) is 22.8 Å². The fourth-order valence-electron chi connectivity index (χ4n) is 5.64. The molecule has 0 unspecified atom stereocenters. The second kappa shape index (κ2) is 6.39. The Hall–Kier alpha value is -3.76. The zero-order chi connectivity index (χ0) is 22.3. The number of nitrogens with zero attached hydrogens (tertiary/aromatic N) is 2. The number of ether oxygens (including phenoxy) is 1. The highest BCUT2D eigenvalue weighted by molar-refractivity contribution is 7.07. The largest absolute Gasteiger partial charge is 0.456 e. The Kier molecular flexibility index (Phi) is 3.64. The second-order valence-corrected chi connectivity index (χ2v) is 13.9. The Labute approximate surface area is 193 Å². The SMILES string of the molecule is Cc1c2c(cc3ccccc13)-c1ncnc3cc(C4=Cc5ccccc5[Si]4(C)C)cc(c13)O2. The van der Waals surface area contributed by atoms with Crippen molar-refractivity contribution in [1.82, 2.24) is 9.97 Å². The van der Waals surface area contributed by atoms with Crippen LogP contribution in [0.5, 0.6) is 11.5 Å². The van der Waals surface area contributed by atoms with E-state index in [9.17, 15) is 0 Å². The molecule has 0 N–H and O–H groups in total. The van der Waals surface area contributed by atoms with Crippen LogP contribution in [0.15, 0.2) is 73.1 Å². The summed E-state index contributed by atoms with van der Waals surface area (Å²) in [4.78, 5) is 9.39. The van der Waals surface area contributed by atoms with Crippen molar-refractivity contribution < 1.29 is 4.74 Å². The summed E-state index contributed by atoms with van der Waals surface area (Å²) in [5.74, 6) is 1.75. The van der Waals surface area contributed by atoms with Crippen molar-refractivity contribution in [1.29, 1.82) is 0 Å². The summed E-state index contributed by atoms with van der Waals surface area (Å²) in [5.41, 5.74) is 6.63. The minimum Gasteiger partial charge on any atom is -0.456 e. The molecule has 0 fully saturated rings. The molecule has 0 bridgehead atoms. The number of hydrogen-bond donors (Lipinski definition) is 0. The van der Waals surface area contributed by atoms with E-state index in [-0.39, 0.29) is 0 Å². The van der Waals surface area contributed by atoms with Gasteiger partial charge in [0.25, 0.3) is 0 Å². The van der Waals surface area contributed by atoms with Crippen molar-refractivity contribution in [2.75, 3.05) is 0 Å². The molecule has 2 aliphatic heterocycles. The Balaban J connectivity index is 1.49. The molecule has 3 heterocycles. The molecule has 158 valence electrons. The van der Waals surface area contributed by atoms with E-state index < -0.39 is 8.07 Å². The average molecular weight is 443 g/mol. The lowest BCUT2D eigenvalue weighted by atomic mass is 9.94. The summed E-state index contributed by atoms with van der Waals surface area (Å²) < 4.78 is 6.64. The maximum absolute atomic E-state index is 6.64. The van der Waals surface area contributed by atoms with Gasteiger partial charge < -0.3 is 4.74 Å². The molecule has 3 nitrogen and oxygen atoms in total. The van der Waals surface area contributed by atoms with Gasteiger partial charge in [0.1, 0.15) is 25.9 Å². The molecule has 33 heavy (non-hydrogen) atoms. The van der Waals surface area contributed by atoms with Crippen molar-refractivity contribution in [3.63, 3.8) is 0 Å². The zero-order valence-electron chi connectivity index (χ0n) is 18.8. The highest BCUT2D eigenvalue weighted by atomic mass is 28.3. The van der Waals surface area contributed by atoms with Crippen LogP contribution >= 0.6 is 0 Å². The molecule has 0 atom stereocenters. The first kappa shape index (κ1) is 18.8. The van der Waals surface area contributed by atoms with E-state index in [4.69, 9.17) is 9.72 Å². The third kappa shape index (κ3) is 2.50. The molecule has 5 aromatic rings. The van der Waals surface area contributed by atoms with Crippen LogP contribution in [-0.2, 0) is 0 Å². The molecule has 0 saturated carbocycles. The fourth-order valence-corrected chi connectivity index (χ4v) is 8.70. The smallest absolute Gasteiger partial charge is 0.140 e. The van der Waals surface area contributed by atoms with Gasteiger partial charge >= 0.3 is 0 Å². The van der Waals surface area contributed by atoms with Gasteiger partial charge in [0, 0.05) is 11.1 Å². The average Bonchev–Trinajstić information content (AvgIpc) is 3.11. The number of hydrogen-bond acceptors (Lipinski definition) is 3. The molecule has 1 aromatic heterocycles. The molecule has 0 saturated heterocycles. The first-order valence-electron chi connectivity index (χ1n) is 11.3. The summed E-state index contributed by atoms with van der Waals surface area (Å²) in [6, 6.07) is 23.9. The van der Waals surface area contributed by atoms with Crippen molar-refractivity contribution >= 4 is 46.2 Å². The van der Waals surface area contributed by atoms with Gasteiger partial charge in [-0.15, -0.1) is 0 Å². The molecule has 4 heteroatoms. The number of rotatable bonds is 1. The quantitative estimate of drug-likeness (QED) is 0.261. The number of benzene rings is 4. The highest BCUT2D eigenvalue weighted by Gasteiger charge is 2.36. The van der Waals surface area contributed by atoms with Crippen LogP contribution in [0.25, 0.3) is 44.2 Å². The molecule has 0 amide bonds. The third-order valence-corrected chi connectivity index (χ3v) is 10.9. The second-order valence-electron chi connectivity index (χ2n) is 9.56. The molecule has 2 aliphatic rings. The first-order valence-corrected chi connectivity index (χ1v) is 14.3. The molecule has 0 aliphatic carbocycles. The Bertz CT molecular complexity index is 1680. The topological polar surface area (TPSA) is 35.0 Å². The number of aromatic nitrogens is 2. The summed E-state index contributed by atoms with van der Waals surface area (Å²) in [6.45, 7) is 7.00. The molecular formula is C29H22N2OSi. The van der Waals surface area contributed by atoms with Gasteiger partial charge in [-0.3, -0.25) is 0 Å². The zero-order valence-corrected chi connectivity index (χ0v) is 19.8. The van der Waals surface area contributed by atoms with E-state index in [1.807, 2.05) is 0 Å². The summed E-state index contributed by atoms with van der Waals surface area (Å²) >= 11 is 0.